The van der Waals surface area contributed by atoms with Crippen LogP contribution >= 0.6 is 0 Å². The average molecular weight is 356 g/mol. The summed E-state index contributed by atoms with van der Waals surface area (Å²) in [5.74, 6) is 1.55. The Labute approximate surface area is 153 Å². The number of piperazine rings is 1. The molecule has 2 aliphatic heterocycles. The van der Waals surface area contributed by atoms with E-state index < -0.39 is 0 Å². The molecule has 1 aromatic heterocycles. The second-order valence-electron chi connectivity index (χ2n) is 6.92. The molecule has 4 rings (SSSR count). The highest BCUT2D eigenvalue weighted by Gasteiger charge is 2.19. The largest absolute Gasteiger partial charge is 0.370 e. The lowest BCUT2D eigenvalue weighted by atomic mass is 10.2. The van der Waals surface area contributed by atoms with E-state index in [9.17, 15) is 4.39 Å². The predicted octanol–water partition coefficient (Wildman–Crippen LogP) is 2.00. The van der Waals surface area contributed by atoms with Crippen LogP contribution in [0.1, 0.15) is 24.4 Å². The van der Waals surface area contributed by atoms with Crippen molar-refractivity contribution in [2.24, 2.45) is 10.7 Å². The van der Waals surface area contributed by atoms with Crippen molar-refractivity contribution in [3.63, 3.8) is 0 Å². The maximum Gasteiger partial charge on any atom is 0.191 e. The van der Waals surface area contributed by atoms with Gasteiger partial charge in [-0.2, -0.15) is 0 Å². The van der Waals surface area contributed by atoms with Crippen molar-refractivity contribution in [1.82, 2.24) is 14.5 Å². The zero-order chi connectivity index (χ0) is 17.9. The van der Waals surface area contributed by atoms with Gasteiger partial charge >= 0.3 is 0 Å². The van der Waals surface area contributed by atoms with Gasteiger partial charge in [0.2, 0.25) is 0 Å². The monoisotopic (exact) mass is 356 g/mol. The highest BCUT2D eigenvalue weighted by molar-refractivity contribution is 5.78. The highest BCUT2D eigenvalue weighted by atomic mass is 19.1. The van der Waals surface area contributed by atoms with E-state index in [4.69, 9.17) is 5.73 Å². The third kappa shape index (κ3) is 3.66. The summed E-state index contributed by atoms with van der Waals surface area (Å²) in [7, 11) is 0. The molecule has 0 spiro atoms. The van der Waals surface area contributed by atoms with Gasteiger partial charge in [-0.3, -0.25) is 0 Å². The van der Waals surface area contributed by atoms with Crippen LogP contribution in [-0.4, -0.2) is 46.6 Å². The van der Waals surface area contributed by atoms with E-state index in [2.05, 4.69) is 30.5 Å². The Morgan fingerprint density at radius 1 is 1.08 bits per heavy atom. The average Bonchev–Trinajstić information content (AvgIpc) is 3.10. The van der Waals surface area contributed by atoms with E-state index in [1.54, 1.807) is 0 Å². The molecule has 3 heterocycles. The number of halogens is 1. The Hall–Kier alpha value is -2.57. The van der Waals surface area contributed by atoms with E-state index in [0.717, 1.165) is 50.5 Å². The summed E-state index contributed by atoms with van der Waals surface area (Å²) in [5, 5.41) is 0. The van der Waals surface area contributed by atoms with Gasteiger partial charge in [-0.1, -0.05) is 0 Å². The molecule has 0 amide bonds. The first-order valence-electron chi connectivity index (χ1n) is 9.29. The van der Waals surface area contributed by atoms with Gasteiger partial charge in [0, 0.05) is 51.0 Å². The van der Waals surface area contributed by atoms with Crippen molar-refractivity contribution >= 4 is 11.6 Å². The van der Waals surface area contributed by atoms with Gasteiger partial charge in [0.25, 0.3) is 0 Å². The summed E-state index contributed by atoms with van der Waals surface area (Å²) in [6, 6.07) is 6.65. The number of nitrogens with zero attached hydrogens (tertiary/aromatic N) is 5. The smallest absolute Gasteiger partial charge is 0.191 e. The van der Waals surface area contributed by atoms with Crippen molar-refractivity contribution in [1.29, 1.82) is 0 Å². The van der Waals surface area contributed by atoms with Crippen LogP contribution in [0, 0.1) is 5.82 Å². The lowest BCUT2D eigenvalue weighted by molar-refractivity contribution is 0.380. The van der Waals surface area contributed by atoms with Gasteiger partial charge in [-0.05, 0) is 37.1 Å². The van der Waals surface area contributed by atoms with E-state index in [1.807, 2.05) is 12.1 Å². The number of benzene rings is 1. The normalized spacial score (nSPS) is 18.1. The van der Waals surface area contributed by atoms with Gasteiger partial charge < -0.3 is 20.1 Å². The number of guanidine groups is 1. The number of aliphatic imine (C=N–C) groups is 1. The molecule has 2 N–H and O–H groups in total. The van der Waals surface area contributed by atoms with Crippen molar-refractivity contribution in [3.05, 3.63) is 47.8 Å². The second-order valence-corrected chi connectivity index (χ2v) is 6.92. The van der Waals surface area contributed by atoms with Crippen LogP contribution in [-0.2, 0) is 19.5 Å². The molecule has 0 radical (unpaired) electrons. The first kappa shape index (κ1) is 16.9. The van der Waals surface area contributed by atoms with Crippen LogP contribution in [0.5, 0.6) is 0 Å². The Kier molecular flexibility index (Phi) is 4.77. The standard InChI is InChI=1S/C19H25FN6/c20-15-4-6-17(7-5-15)24-9-11-25(12-10-24)19(21)22-13-16-14-26-8-2-1-3-18(26)23-16/h4-7,14H,1-3,8-13H2,(H2,21,22). The molecule has 1 aromatic carbocycles. The summed E-state index contributed by atoms with van der Waals surface area (Å²) in [6.45, 7) is 4.91. The molecule has 1 fully saturated rings. The van der Waals surface area contributed by atoms with E-state index in [-0.39, 0.29) is 5.82 Å². The number of aryl methyl sites for hydroxylation is 2. The zero-order valence-electron chi connectivity index (χ0n) is 14.9. The molecule has 6 nitrogen and oxygen atoms in total. The SMILES string of the molecule is NC(=NCc1cn2c(n1)CCCC2)N1CCN(c2ccc(F)cc2)CC1. The number of rotatable bonds is 3. The highest BCUT2D eigenvalue weighted by Crippen LogP contribution is 2.17. The van der Waals surface area contributed by atoms with Gasteiger partial charge in [-0.15, -0.1) is 0 Å². The summed E-state index contributed by atoms with van der Waals surface area (Å²) >= 11 is 0. The van der Waals surface area contributed by atoms with Crippen molar-refractivity contribution in [2.45, 2.75) is 32.4 Å². The minimum Gasteiger partial charge on any atom is -0.370 e. The number of hydrogen-bond donors (Lipinski definition) is 1. The van der Waals surface area contributed by atoms with Gasteiger partial charge in [0.05, 0.1) is 12.2 Å². The van der Waals surface area contributed by atoms with Gasteiger partial charge in [0.1, 0.15) is 11.6 Å². The van der Waals surface area contributed by atoms with E-state index >= 15 is 0 Å². The zero-order valence-corrected chi connectivity index (χ0v) is 14.9. The van der Waals surface area contributed by atoms with E-state index in [1.165, 1.54) is 30.8 Å². The molecular formula is C19H25FN6. The van der Waals surface area contributed by atoms with Crippen LogP contribution in [0.4, 0.5) is 10.1 Å². The minimum atomic E-state index is -0.204. The third-order valence-corrected chi connectivity index (χ3v) is 5.16. The number of aromatic nitrogens is 2. The van der Waals surface area contributed by atoms with Crippen LogP contribution in [0.25, 0.3) is 0 Å². The fraction of sp³-hybridized carbons (Fsp3) is 0.474. The fourth-order valence-corrected chi connectivity index (χ4v) is 3.66. The Balaban J connectivity index is 1.32. The number of imidazole rings is 1. The Morgan fingerprint density at radius 2 is 1.85 bits per heavy atom. The third-order valence-electron chi connectivity index (χ3n) is 5.16. The number of hydrogen-bond acceptors (Lipinski definition) is 3. The molecule has 0 bridgehead atoms. The summed E-state index contributed by atoms with van der Waals surface area (Å²) in [5.41, 5.74) is 8.24. The lowest BCUT2D eigenvalue weighted by Gasteiger charge is -2.36. The molecule has 2 aromatic rings. The molecule has 7 heteroatoms. The van der Waals surface area contributed by atoms with E-state index in [0.29, 0.717) is 12.5 Å². The molecule has 26 heavy (non-hydrogen) atoms. The van der Waals surface area contributed by atoms with Crippen LogP contribution in [0.15, 0.2) is 35.5 Å². The van der Waals surface area contributed by atoms with Crippen molar-refractivity contribution < 1.29 is 4.39 Å². The quantitative estimate of drug-likeness (QED) is 0.675. The minimum absolute atomic E-state index is 0.204. The fourth-order valence-electron chi connectivity index (χ4n) is 3.66. The maximum atomic E-state index is 13.1. The summed E-state index contributed by atoms with van der Waals surface area (Å²) in [4.78, 5) is 13.6. The summed E-state index contributed by atoms with van der Waals surface area (Å²) in [6.07, 6.45) is 5.62. The molecule has 1 saturated heterocycles. The molecule has 0 unspecified atom stereocenters. The molecular weight excluding hydrogens is 331 g/mol. The maximum absolute atomic E-state index is 13.1. The molecule has 0 saturated carbocycles. The topological polar surface area (TPSA) is 62.7 Å². The molecule has 2 aliphatic rings. The second kappa shape index (κ2) is 7.35. The predicted molar refractivity (Wildman–Crippen MR) is 101 cm³/mol. The Bertz CT molecular complexity index is 750. The Morgan fingerprint density at radius 3 is 2.58 bits per heavy atom. The van der Waals surface area contributed by atoms with Crippen LogP contribution in [0.3, 0.4) is 0 Å². The first-order chi connectivity index (χ1) is 12.7. The van der Waals surface area contributed by atoms with Crippen LogP contribution in [0.2, 0.25) is 0 Å². The van der Waals surface area contributed by atoms with Crippen molar-refractivity contribution in [2.75, 3.05) is 31.1 Å². The van der Waals surface area contributed by atoms with Crippen molar-refractivity contribution in [3.8, 4) is 0 Å². The molecule has 0 aliphatic carbocycles. The molecule has 0 atom stereocenters. The number of nitrogens with two attached hydrogens (primary N) is 1. The number of fused-ring (bicyclic) bond motifs is 1. The molecule has 138 valence electrons. The number of anilines is 1. The summed E-state index contributed by atoms with van der Waals surface area (Å²) < 4.78 is 15.3. The van der Waals surface area contributed by atoms with Gasteiger partial charge in [-0.25, -0.2) is 14.4 Å². The lowest BCUT2D eigenvalue weighted by Crippen LogP contribution is -2.51. The van der Waals surface area contributed by atoms with Crippen LogP contribution < -0.4 is 10.6 Å². The van der Waals surface area contributed by atoms with Gasteiger partial charge in [0.15, 0.2) is 5.96 Å². The first-order valence-corrected chi connectivity index (χ1v) is 9.29.